The molecule has 0 saturated carbocycles. The highest BCUT2D eigenvalue weighted by Crippen LogP contribution is 2.37. The number of benzene rings is 1. The molecular weight excluding hydrogens is 202 g/mol. The summed E-state index contributed by atoms with van der Waals surface area (Å²) in [4.78, 5) is 13.3. The molecule has 2 unspecified atom stereocenters. The molecular formula is C13H15NO2. The van der Waals surface area contributed by atoms with E-state index in [1.807, 2.05) is 37.3 Å². The van der Waals surface area contributed by atoms with Crippen molar-refractivity contribution in [1.29, 1.82) is 0 Å². The summed E-state index contributed by atoms with van der Waals surface area (Å²) < 4.78 is 0. The summed E-state index contributed by atoms with van der Waals surface area (Å²) in [5.74, 6) is -1.18. The van der Waals surface area contributed by atoms with Crippen LogP contribution in [0.2, 0.25) is 0 Å². The molecule has 0 amide bonds. The summed E-state index contributed by atoms with van der Waals surface area (Å²) in [6.45, 7) is 6.31. The Kier molecular flexibility index (Phi) is 2.69. The summed E-state index contributed by atoms with van der Waals surface area (Å²) >= 11 is 0. The first kappa shape index (κ1) is 10.7. The summed E-state index contributed by atoms with van der Waals surface area (Å²) in [6.07, 6.45) is 1.83. The molecule has 0 fully saturated rings. The van der Waals surface area contributed by atoms with Crippen LogP contribution >= 0.6 is 0 Å². The van der Waals surface area contributed by atoms with Crippen molar-refractivity contribution in [2.75, 3.05) is 11.4 Å². The molecule has 0 saturated heterocycles. The van der Waals surface area contributed by atoms with Crippen LogP contribution in [0, 0.1) is 0 Å². The topological polar surface area (TPSA) is 40.5 Å². The Morgan fingerprint density at radius 2 is 2.31 bits per heavy atom. The van der Waals surface area contributed by atoms with Crippen LogP contribution in [0.3, 0.4) is 0 Å². The van der Waals surface area contributed by atoms with Gasteiger partial charge in [0.25, 0.3) is 0 Å². The van der Waals surface area contributed by atoms with E-state index in [-0.39, 0.29) is 6.04 Å². The Bertz CT molecular complexity index is 428. The number of carboxylic acids is 1. The molecule has 16 heavy (non-hydrogen) atoms. The first-order chi connectivity index (χ1) is 7.65. The quantitative estimate of drug-likeness (QED) is 0.789. The molecule has 2 atom stereocenters. The van der Waals surface area contributed by atoms with E-state index in [0.29, 0.717) is 6.54 Å². The summed E-state index contributed by atoms with van der Waals surface area (Å²) in [5, 5.41) is 9.18. The zero-order valence-corrected chi connectivity index (χ0v) is 9.26. The van der Waals surface area contributed by atoms with Gasteiger partial charge in [-0.15, -0.1) is 6.58 Å². The van der Waals surface area contributed by atoms with Crippen LogP contribution in [-0.4, -0.2) is 23.7 Å². The zero-order chi connectivity index (χ0) is 11.7. The van der Waals surface area contributed by atoms with Crippen molar-refractivity contribution in [2.45, 2.75) is 18.9 Å². The van der Waals surface area contributed by atoms with Gasteiger partial charge in [-0.05, 0) is 18.6 Å². The number of aliphatic carboxylic acids is 1. The third-order valence-electron chi connectivity index (χ3n) is 3.13. The number of anilines is 1. The molecule has 1 aliphatic heterocycles. The van der Waals surface area contributed by atoms with Crippen molar-refractivity contribution >= 4 is 11.7 Å². The van der Waals surface area contributed by atoms with Crippen molar-refractivity contribution in [1.82, 2.24) is 0 Å². The maximum absolute atomic E-state index is 11.2. The van der Waals surface area contributed by atoms with Crippen LogP contribution < -0.4 is 4.90 Å². The lowest BCUT2D eigenvalue weighted by Gasteiger charge is -2.24. The maximum Gasteiger partial charge on any atom is 0.312 e. The van der Waals surface area contributed by atoms with Crippen molar-refractivity contribution < 1.29 is 9.90 Å². The number of para-hydroxylation sites is 1. The number of hydrogen-bond donors (Lipinski definition) is 1. The Morgan fingerprint density at radius 1 is 1.62 bits per heavy atom. The predicted molar refractivity (Wildman–Crippen MR) is 63.8 cm³/mol. The predicted octanol–water partition coefficient (Wildman–Crippen LogP) is 2.25. The highest BCUT2D eigenvalue weighted by molar-refractivity contribution is 5.83. The molecule has 84 valence electrons. The van der Waals surface area contributed by atoms with E-state index in [4.69, 9.17) is 0 Å². The largest absolute Gasteiger partial charge is 0.481 e. The van der Waals surface area contributed by atoms with Gasteiger partial charge in [-0.2, -0.15) is 0 Å². The fraction of sp³-hybridized carbons (Fsp3) is 0.308. The lowest BCUT2D eigenvalue weighted by Crippen LogP contribution is -2.31. The molecule has 0 bridgehead atoms. The van der Waals surface area contributed by atoms with E-state index in [1.54, 1.807) is 0 Å². The van der Waals surface area contributed by atoms with Gasteiger partial charge in [0.1, 0.15) is 5.92 Å². The van der Waals surface area contributed by atoms with Gasteiger partial charge in [0.2, 0.25) is 0 Å². The SMILES string of the molecule is C=CC(C)N1CC(C(=O)O)c2ccccc21. The maximum atomic E-state index is 11.2. The second kappa shape index (κ2) is 4.00. The normalized spacial score (nSPS) is 20.3. The minimum absolute atomic E-state index is 0.158. The Morgan fingerprint density at radius 3 is 2.94 bits per heavy atom. The van der Waals surface area contributed by atoms with Gasteiger partial charge >= 0.3 is 5.97 Å². The lowest BCUT2D eigenvalue weighted by atomic mass is 10.0. The van der Waals surface area contributed by atoms with Gasteiger partial charge in [0.05, 0.1) is 0 Å². The smallest absolute Gasteiger partial charge is 0.312 e. The van der Waals surface area contributed by atoms with Crippen molar-refractivity contribution in [2.24, 2.45) is 0 Å². The lowest BCUT2D eigenvalue weighted by molar-refractivity contribution is -0.138. The van der Waals surface area contributed by atoms with Gasteiger partial charge in [-0.25, -0.2) is 0 Å². The molecule has 3 nitrogen and oxygen atoms in total. The first-order valence-corrected chi connectivity index (χ1v) is 5.36. The summed E-state index contributed by atoms with van der Waals surface area (Å²) in [7, 11) is 0. The van der Waals surface area contributed by atoms with Gasteiger partial charge in [0, 0.05) is 18.3 Å². The number of nitrogens with zero attached hydrogens (tertiary/aromatic N) is 1. The van der Waals surface area contributed by atoms with Crippen LogP contribution in [0.25, 0.3) is 0 Å². The Balaban J connectivity index is 2.42. The number of fused-ring (bicyclic) bond motifs is 1. The molecule has 0 radical (unpaired) electrons. The Hall–Kier alpha value is -1.77. The molecule has 1 heterocycles. The minimum atomic E-state index is -0.758. The number of carbonyl (C=O) groups is 1. The molecule has 1 N–H and O–H groups in total. The monoisotopic (exact) mass is 217 g/mol. The number of carboxylic acid groups (broad SMARTS) is 1. The van der Waals surface area contributed by atoms with E-state index in [0.717, 1.165) is 11.3 Å². The zero-order valence-electron chi connectivity index (χ0n) is 9.26. The second-order valence-electron chi connectivity index (χ2n) is 4.08. The van der Waals surface area contributed by atoms with Crippen LogP contribution in [-0.2, 0) is 4.79 Å². The molecule has 1 aromatic carbocycles. The minimum Gasteiger partial charge on any atom is -0.481 e. The molecule has 1 aromatic rings. The number of rotatable bonds is 3. The van der Waals surface area contributed by atoms with Crippen molar-refractivity contribution in [3.63, 3.8) is 0 Å². The number of hydrogen-bond acceptors (Lipinski definition) is 2. The highest BCUT2D eigenvalue weighted by atomic mass is 16.4. The van der Waals surface area contributed by atoms with E-state index < -0.39 is 11.9 Å². The standard InChI is InChI=1S/C13H15NO2/c1-3-9(2)14-8-11(13(15)16)10-6-4-5-7-12(10)14/h3-7,9,11H,1,8H2,2H3,(H,15,16). The molecule has 1 aliphatic rings. The van der Waals surface area contributed by atoms with Crippen LogP contribution in [0.5, 0.6) is 0 Å². The molecule has 3 heteroatoms. The van der Waals surface area contributed by atoms with Crippen LogP contribution in [0.4, 0.5) is 5.69 Å². The van der Waals surface area contributed by atoms with Crippen LogP contribution in [0.15, 0.2) is 36.9 Å². The van der Waals surface area contributed by atoms with E-state index >= 15 is 0 Å². The van der Waals surface area contributed by atoms with Gasteiger partial charge in [0.15, 0.2) is 0 Å². The van der Waals surface area contributed by atoms with Crippen molar-refractivity contribution in [3.05, 3.63) is 42.5 Å². The van der Waals surface area contributed by atoms with Gasteiger partial charge < -0.3 is 10.0 Å². The first-order valence-electron chi connectivity index (χ1n) is 5.36. The summed E-state index contributed by atoms with van der Waals surface area (Å²) in [6, 6.07) is 7.84. The fourth-order valence-corrected chi connectivity index (χ4v) is 2.16. The van der Waals surface area contributed by atoms with Crippen LogP contribution in [0.1, 0.15) is 18.4 Å². The average Bonchev–Trinajstić information content (AvgIpc) is 2.67. The van der Waals surface area contributed by atoms with E-state index in [9.17, 15) is 9.90 Å². The van der Waals surface area contributed by atoms with E-state index in [2.05, 4.69) is 11.5 Å². The van der Waals surface area contributed by atoms with Gasteiger partial charge in [-0.1, -0.05) is 24.3 Å². The third-order valence-corrected chi connectivity index (χ3v) is 3.13. The molecule has 0 aromatic heterocycles. The molecule has 2 rings (SSSR count). The fourth-order valence-electron chi connectivity index (χ4n) is 2.16. The molecule has 0 spiro atoms. The molecule has 0 aliphatic carbocycles. The Labute approximate surface area is 95.0 Å². The summed E-state index contributed by atoms with van der Waals surface area (Å²) in [5.41, 5.74) is 1.92. The second-order valence-corrected chi connectivity index (χ2v) is 4.08. The highest BCUT2D eigenvalue weighted by Gasteiger charge is 2.34. The van der Waals surface area contributed by atoms with Gasteiger partial charge in [-0.3, -0.25) is 4.79 Å². The van der Waals surface area contributed by atoms with E-state index in [1.165, 1.54) is 0 Å². The average molecular weight is 217 g/mol. The van der Waals surface area contributed by atoms with Crippen molar-refractivity contribution in [3.8, 4) is 0 Å². The third kappa shape index (κ3) is 1.58.